The van der Waals surface area contributed by atoms with Crippen molar-refractivity contribution in [3.05, 3.63) is 46.0 Å². The quantitative estimate of drug-likeness (QED) is 0.941. The summed E-state index contributed by atoms with van der Waals surface area (Å²) < 4.78 is 2.70. The lowest BCUT2D eigenvalue weighted by Crippen LogP contribution is -2.25. The number of rotatable bonds is 3. The van der Waals surface area contributed by atoms with E-state index in [4.69, 9.17) is 0 Å². The zero-order valence-electron chi connectivity index (χ0n) is 10.1. The lowest BCUT2D eigenvalue weighted by atomic mass is 10.1. The third kappa shape index (κ3) is 2.59. The average Bonchev–Trinajstić information content (AvgIpc) is 2.75. The van der Waals surface area contributed by atoms with Crippen LogP contribution < -0.4 is 5.32 Å². The van der Waals surface area contributed by atoms with E-state index in [0.717, 1.165) is 15.9 Å². The monoisotopic (exact) mass is 308 g/mol. The molecule has 0 unspecified atom stereocenters. The SMILES string of the molecule is Cc1c(Br)cccc1C(=O)NCc1nncn1C. The molecule has 2 rings (SSSR count). The predicted molar refractivity (Wildman–Crippen MR) is 71.1 cm³/mol. The Morgan fingerprint density at radius 2 is 2.28 bits per heavy atom. The van der Waals surface area contributed by atoms with Crippen LogP contribution in [0.15, 0.2) is 29.0 Å². The van der Waals surface area contributed by atoms with Gasteiger partial charge in [0, 0.05) is 17.1 Å². The Morgan fingerprint density at radius 1 is 1.50 bits per heavy atom. The van der Waals surface area contributed by atoms with E-state index in [1.165, 1.54) is 0 Å². The van der Waals surface area contributed by atoms with Crippen molar-refractivity contribution in [1.82, 2.24) is 20.1 Å². The van der Waals surface area contributed by atoms with Crippen LogP contribution >= 0.6 is 15.9 Å². The second-order valence-electron chi connectivity index (χ2n) is 3.95. The molecule has 0 aliphatic rings. The molecule has 0 atom stereocenters. The van der Waals surface area contributed by atoms with E-state index >= 15 is 0 Å². The third-order valence-corrected chi connectivity index (χ3v) is 3.58. The molecule has 1 N–H and O–H groups in total. The maximum absolute atomic E-state index is 12.0. The van der Waals surface area contributed by atoms with Crippen molar-refractivity contribution < 1.29 is 4.79 Å². The molecular formula is C12H13BrN4O. The number of benzene rings is 1. The van der Waals surface area contributed by atoms with Crippen molar-refractivity contribution in [1.29, 1.82) is 0 Å². The Kier molecular flexibility index (Phi) is 3.76. The van der Waals surface area contributed by atoms with Crippen molar-refractivity contribution in [3.63, 3.8) is 0 Å². The minimum Gasteiger partial charge on any atom is -0.345 e. The molecule has 5 nitrogen and oxygen atoms in total. The largest absolute Gasteiger partial charge is 0.345 e. The van der Waals surface area contributed by atoms with Crippen molar-refractivity contribution in [3.8, 4) is 0 Å². The van der Waals surface area contributed by atoms with E-state index < -0.39 is 0 Å². The smallest absolute Gasteiger partial charge is 0.251 e. The Bertz CT molecular complexity index is 579. The van der Waals surface area contributed by atoms with Gasteiger partial charge in [-0.3, -0.25) is 4.79 Å². The Balaban J connectivity index is 2.09. The zero-order valence-corrected chi connectivity index (χ0v) is 11.7. The molecule has 94 valence electrons. The third-order valence-electron chi connectivity index (χ3n) is 2.72. The standard InChI is InChI=1S/C12H13BrN4O/c1-8-9(4-3-5-10(8)13)12(18)14-6-11-16-15-7-17(11)2/h3-5,7H,6H2,1-2H3,(H,14,18). The lowest BCUT2D eigenvalue weighted by Gasteiger charge is -2.08. The van der Waals surface area contributed by atoms with Gasteiger partial charge in [0.2, 0.25) is 0 Å². The van der Waals surface area contributed by atoms with E-state index in [1.54, 1.807) is 17.0 Å². The minimum atomic E-state index is -0.114. The number of nitrogens with zero attached hydrogens (tertiary/aromatic N) is 3. The van der Waals surface area contributed by atoms with Gasteiger partial charge in [0.05, 0.1) is 6.54 Å². The summed E-state index contributed by atoms with van der Waals surface area (Å²) in [5, 5.41) is 10.5. The summed E-state index contributed by atoms with van der Waals surface area (Å²) in [5.74, 6) is 0.604. The van der Waals surface area contributed by atoms with Gasteiger partial charge in [-0.1, -0.05) is 22.0 Å². The molecule has 0 spiro atoms. The number of hydrogen-bond acceptors (Lipinski definition) is 3. The minimum absolute atomic E-state index is 0.114. The first-order chi connectivity index (χ1) is 8.59. The molecule has 0 radical (unpaired) electrons. The fraction of sp³-hybridized carbons (Fsp3) is 0.250. The van der Waals surface area contributed by atoms with Gasteiger partial charge in [0.1, 0.15) is 6.33 Å². The van der Waals surface area contributed by atoms with Crippen molar-refractivity contribution in [2.45, 2.75) is 13.5 Å². The number of aryl methyl sites for hydroxylation is 1. The molecule has 1 aromatic heterocycles. The first-order valence-electron chi connectivity index (χ1n) is 5.46. The fourth-order valence-electron chi connectivity index (χ4n) is 1.58. The van der Waals surface area contributed by atoms with E-state index in [1.807, 2.05) is 26.1 Å². The van der Waals surface area contributed by atoms with Crippen LogP contribution in [0.4, 0.5) is 0 Å². The van der Waals surface area contributed by atoms with Gasteiger partial charge in [-0.2, -0.15) is 0 Å². The van der Waals surface area contributed by atoms with Gasteiger partial charge in [-0.15, -0.1) is 10.2 Å². The molecule has 0 saturated heterocycles. The summed E-state index contributed by atoms with van der Waals surface area (Å²) in [4.78, 5) is 12.0. The molecule has 1 aromatic carbocycles. The number of carbonyl (C=O) groups is 1. The highest BCUT2D eigenvalue weighted by Gasteiger charge is 2.11. The van der Waals surface area contributed by atoms with Crippen molar-refractivity contribution >= 4 is 21.8 Å². The number of carbonyl (C=O) groups excluding carboxylic acids is 1. The van der Waals surface area contributed by atoms with Crippen LogP contribution in [0, 0.1) is 6.92 Å². The summed E-state index contributed by atoms with van der Waals surface area (Å²) in [6.45, 7) is 2.27. The molecule has 0 bridgehead atoms. The van der Waals surface area contributed by atoms with Crippen LogP contribution in [-0.4, -0.2) is 20.7 Å². The van der Waals surface area contributed by atoms with Gasteiger partial charge in [-0.05, 0) is 24.6 Å². The van der Waals surface area contributed by atoms with E-state index in [9.17, 15) is 4.79 Å². The first kappa shape index (κ1) is 12.8. The topological polar surface area (TPSA) is 59.8 Å². The summed E-state index contributed by atoms with van der Waals surface area (Å²) in [6, 6.07) is 5.55. The second kappa shape index (κ2) is 5.30. The number of hydrogen-bond donors (Lipinski definition) is 1. The Morgan fingerprint density at radius 3 is 2.94 bits per heavy atom. The molecular weight excluding hydrogens is 296 g/mol. The van der Waals surface area contributed by atoms with E-state index in [0.29, 0.717) is 12.1 Å². The molecule has 6 heteroatoms. The number of aromatic nitrogens is 3. The fourth-order valence-corrected chi connectivity index (χ4v) is 1.94. The normalized spacial score (nSPS) is 10.4. The predicted octanol–water partition coefficient (Wildman–Crippen LogP) is 1.82. The van der Waals surface area contributed by atoms with E-state index in [2.05, 4.69) is 31.4 Å². The van der Waals surface area contributed by atoms with Crippen LogP contribution in [-0.2, 0) is 13.6 Å². The molecule has 1 amide bonds. The van der Waals surface area contributed by atoms with Gasteiger partial charge in [0.25, 0.3) is 5.91 Å². The summed E-state index contributed by atoms with van der Waals surface area (Å²) in [7, 11) is 1.84. The Labute approximate surface area is 113 Å². The summed E-state index contributed by atoms with van der Waals surface area (Å²) >= 11 is 3.41. The second-order valence-corrected chi connectivity index (χ2v) is 4.81. The number of halogens is 1. The molecule has 0 saturated carbocycles. The molecule has 2 aromatic rings. The Hall–Kier alpha value is -1.69. The molecule has 0 aliphatic carbocycles. The molecule has 1 heterocycles. The molecule has 0 fully saturated rings. The molecule has 0 aliphatic heterocycles. The number of amides is 1. The van der Waals surface area contributed by atoms with Crippen molar-refractivity contribution in [2.75, 3.05) is 0 Å². The summed E-state index contributed by atoms with van der Waals surface area (Å²) in [5.41, 5.74) is 1.58. The van der Waals surface area contributed by atoms with Crippen LogP contribution in [0.3, 0.4) is 0 Å². The highest BCUT2D eigenvalue weighted by Crippen LogP contribution is 2.19. The average molecular weight is 309 g/mol. The maximum Gasteiger partial charge on any atom is 0.251 e. The zero-order chi connectivity index (χ0) is 13.1. The highest BCUT2D eigenvalue weighted by molar-refractivity contribution is 9.10. The maximum atomic E-state index is 12.0. The van der Waals surface area contributed by atoms with Gasteiger partial charge < -0.3 is 9.88 Å². The van der Waals surface area contributed by atoms with Crippen molar-refractivity contribution in [2.24, 2.45) is 7.05 Å². The van der Waals surface area contributed by atoms with Crippen LogP contribution in [0.2, 0.25) is 0 Å². The molecule has 18 heavy (non-hydrogen) atoms. The highest BCUT2D eigenvalue weighted by atomic mass is 79.9. The van der Waals surface area contributed by atoms with Crippen LogP contribution in [0.5, 0.6) is 0 Å². The van der Waals surface area contributed by atoms with Gasteiger partial charge >= 0.3 is 0 Å². The van der Waals surface area contributed by atoms with Crippen LogP contribution in [0.1, 0.15) is 21.7 Å². The first-order valence-corrected chi connectivity index (χ1v) is 6.25. The van der Waals surface area contributed by atoms with E-state index in [-0.39, 0.29) is 5.91 Å². The van der Waals surface area contributed by atoms with Gasteiger partial charge in [0.15, 0.2) is 5.82 Å². The number of nitrogens with one attached hydrogen (secondary N) is 1. The lowest BCUT2D eigenvalue weighted by molar-refractivity contribution is 0.0949. The summed E-state index contributed by atoms with van der Waals surface area (Å²) in [6.07, 6.45) is 1.60. The van der Waals surface area contributed by atoms with Gasteiger partial charge in [-0.25, -0.2) is 0 Å². The van der Waals surface area contributed by atoms with Crippen LogP contribution in [0.25, 0.3) is 0 Å².